The van der Waals surface area contributed by atoms with Crippen LogP contribution in [0.15, 0.2) is 18.2 Å². The second kappa shape index (κ2) is 7.83. The number of nitro benzene ring substituents is 1. The second-order valence-corrected chi connectivity index (χ2v) is 5.78. The molecule has 0 aliphatic rings. The number of rotatable bonds is 8. The Kier molecular flexibility index (Phi) is 6.42. The molecule has 21 heavy (non-hydrogen) atoms. The van der Waals surface area contributed by atoms with Gasteiger partial charge in [-0.1, -0.05) is 19.9 Å². The maximum atomic E-state index is 11.4. The molecular formula is C15H25N3O3. The van der Waals surface area contributed by atoms with E-state index in [1.165, 1.54) is 0 Å². The van der Waals surface area contributed by atoms with Crippen LogP contribution in [-0.4, -0.2) is 23.6 Å². The summed E-state index contributed by atoms with van der Waals surface area (Å²) >= 11 is 0. The molecule has 0 bridgehead atoms. The van der Waals surface area contributed by atoms with Gasteiger partial charge in [0.25, 0.3) is 0 Å². The van der Waals surface area contributed by atoms with E-state index in [4.69, 9.17) is 10.5 Å². The Morgan fingerprint density at radius 2 is 2.00 bits per heavy atom. The van der Waals surface area contributed by atoms with Crippen molar-refractivity contribution in [2.24, 2.45) is 11.7 Å². The number of para-hydroxylation sites is 1. The number of ether oxygens (including phenoxy) is 1. The quantitative estimate of drug-likeness (QED) is 0.568. The third-order valence-electron chi connectivity index (χ3n) is 2.94. The summed E-state index contributed by atoms with van der Waals surface area (Å²) in [6.07, 6.45) is 0.725. The van der Waals surface area contributed by atoms with Gasteiger partial charge in [0.1, 0.15) is 5.69 Å². The van der Waals surface area contributed by atoms with Gasteiger partial charge in [-0.15, -0.1) is 0 Å². The highest BCUT2D eigenvalue weighted by Crippen LogP contribution is 2.36. The van der Waals surface area contributed by atoms with E-state index in [1.807, 2.05) is 13.8 Å². The third-order valence-corrected chi connectivity index (χ3v) is 2.94. The number of nitro groups is 1. The monoisotopic (exact) mass is 295 g/mol. The molecule has 1 aromatic carbocycles. The zero-order valence-corrected chi connectivity index (χ0v) is 13.1. The first-order chi connectivity index (χ1) is 9.85. The van der Waals surface area contributed by atoms with E-state index in [1.54, 1.807) is 18.2 Å². The first kappa shape index (κ1) is 17.2. The second-order valence-electron chi connectivity index (χ2n) is 5.78. The molecule has 1 aromatic rings. The molecule has 0 saturated carbocycles. The number of benzene rings is 1. The van der Waals surface area contributed by atoms with E-state index in [2.05, 4.69) is 19.2 Å². The van der Waals surface area contributed by atoms with E-state index >= 15 is 0 Å². The van der Waals surface area contributed by atoms with Crippen LogP contribution in [0.5, 0.6) is 5.75 Å². The van der Waals surface area contributed by atoms with Crippen molar-refractivity contribution in [1.29, 1.82) is 0 Å². The molecule has 1 rings (SSSR count). The van der Waals surface area contributed by atoms with Crippen molar-refractivity contribution < 1.29 is 9.66 Å². The maximum Gasteiger partial charge on any atom is 0.333 e. The van der Waals surface area contributed by atoms with Crippen molar-refractivity contribution in [3.05, 3.63) is 28.3 Å². The van der Waals surface area contributed by atoms with E-state index in [9.17, 15) is 10.1 Å². The summed E-state index contributed by atoms with van der Waals surface area (Å²) in [7, 11) is 0. The SMILES string of the molecule is CC(C)CC(CN)Nc1cccc(OC(C)C)c1[N+](=O)[O-]. The Morgan fingerprint density at radius 1 is 1.33 bits per heavy atom. The van der Waals surface area contributed by atoms with Gasteiger partial charge < -0.3 is 15.8 Å². The highest BCUT2D eigenvalue weighted by molar-refractivity contribution is 5.68. The summed E-state index contributed by atoms with van der Waals surface area (Å²) in [4.78, 5) is 11.0. The number of nitrogens with two attached hydrogens (primary N) is 1. The molecular weight excluding hydrogens is 270 g/mol. The molecule has 0 aliphatic heterocycles. The standard InChI is InChI=1S/C15H25N3O3/c1-10(2)8-12(9-16)17-13-6-5-7-14(21-11(3)4)15(13)18(19)20/h5-7,10-12,17H,8-9,16H2,1-4H3. The molecule has 0 aromatic heterocycles. The summed E-state index contributed by atoms with van der Waals surface area (Å²) in [5.41, 5.74) is 6.17. The smallest absolute Gasteiger partial charge is 0.333 e. The molecule has 0 saturated heterocycles. The average Bonchev–Trinajstić information content (AvgIpc) is 2.36. The van der Waals surface area contributed by atoms with Crippen molar-refractivity contribution in [2.45, 2.75) is 46.3 Å². The minimum atomic E-state index is -0.414. The van der Waals surface area contributed by atoms with Crippen LogP contribution in [0.3, 0.4) is 0 Å². The molecule has 1 unspecified atom stereocenters. The van der Waals surface area contributed by atoms with Crippen LogP contribution in [0.2, 0.25) is 0 Å². The van der Waals surface area contributed by atoms with Crippen LogP contribution in [0, 0.1) is 16.0 Å². The van der Waals surface area contributed by atoms with Crippen LogP contribution < -0.4 is 15.8 Å². The molecule has 0 amide bonds. The summed E-state index contributed by atoms with van der Waals surface area (Å²) in [6, 6.07) is 5.05. The Labute approximate surface area is 125 Å². The predicted molar refractivity (Wildman–Crippen MR) is 84.8 cm³/mol. The molecule has 1 atom stereocenters. The lowest BCUT2D eigenvalue weighted by Crippen LogP contribution is -2.30. The van der Waals surface area contributed by atoms with E-state index in [0.29, 0.717) is 18.2 Å². The number of nitrogens with one attached hydrogen (secondary N) is 1. The van der Waals surface area contributed by atoms with Crippen molar-refractivity contribution in [3.63, 3.8) is 0 Å². The molecule has 0 fully saturated rings. The van der Waals surface area contributed by atoms with Gasteiger partial charge in [-0.3, -0.25) is 10.1 Å². The average molecular weight is 295 g/mol. The van der Waals surface area contributed by atoms with Crippen LogP contribution in [0.25, 0.3) is 0 Å². The number of nitrogens with zero attached hydrogens (tertiary/aromatic N) is 1. The summed E-state index contributed by atoms with van der Waals surface area (Å²) in [5.74, 6) is 0.737. The van der Waals surface area contributed by atoms with Crippen LogP contribution >= 0.6 is 0 Å². The fraction of sp³-hybridized carbons (Fsp3) is 0.600. The number of hydrogen-bond donors (Lipinski definition) is 2. The van der Waals surface area contributed by atoms with Crippen LogP contribution in [-0.2, 0) is 0 Å². The third kappa shape index (κ3) is 5.23. The lowest BCUT2D eigenvalue weighted by atomic mass is 10.0. The van der Waals surface area contributed by atoms with Gasteiger partial charge in [0.15, 0.2) is 5.75 Å². The van der Waals surface area contributed by atoms with Crippen molar-refractivity contribution in [1.82, 2.24) is 0 Å². The number of hydrogen-bond acceptors (Lipinski definition) is 5. The minimum absolute atomic E-state index is 0.00185. The zero-order valence-electron chi connectivity index (χ0n) is 13.1. The fourth-order valence-electron chi connectivity index (χ4n) is 2.18. The molecule has 0 spiro atoms. The Hall–Kier alpha value is -1.82. The largest absolute Gasteiger partial charge is 0.484 e. The van der Waals surface area contributed by atoms with Gasteiger partial charge in [-0.25, -0.2) is 0 Å². The Bertz CT molecular complexity index is 475. The molecule has 6 nitrogen and oxygen atoms in total. The van der Waals surface area contributed by atoms with Gasteiger partial charge in [-0.2, -0.15) is 0 Å². The molecule has 3 N–H and O–H groups in total. The molecule has 0 aliphatic carbocycles. The molecule has 0 radical (unpaired) electrons. The van der Waals surface area contributed by atoms with E-state index in [-0.39, 0.29) is 23.6 Å². The van der Waals surface area contributed by atoms with Gasteiger partial charge in [0.2, 0.25) is 0 Å². The van der Waals surface area contributed by atoms with Crippen molar-refractivity contribution >= 4 is 11.4 Å². The molecule has 6 heteroatoms. The highest BCUT2D eigenvalue weighted by atomic mass is 16.6. The maximum absolute atomic E-state index is 11.4. The van der Waals surface area contributed by atoms with Crippen molar-refractivity contribution in [3.8, 4) is 5.75 Å². The number of anilines is 1. The van der Waals surface area contributed by atoms with E-state index < -0.39 is 4.92 Å². The zero-order chi connectivity index (χ0) is 16.0. The van der Waals surface area contributed by atoms with Crippen LogP contribution in [0.4, 0.5) is 11.4 Å². The summed E-state index contributed by atoms with van der Waals surface area (Å²) in [6.45, 7) is 8.29. The normalized spacial score (nSPS) is 12.5. The lowest BCUT2D eigenvalue weighted by Gasteiger charge is -2.20. The lowest BCUT2D eigenvalue weighted by molar-refractivity contribution is -0.385. The summed E-state index contributed by atoms with van der Waals surface area (Å²) < 4.78 is 5.53. The molecule has 0 heterocycles. The van der Waals surface area contributed by atoms with Crippen molar-refractivity contribution in [2.75, 3.05) is 11.9 Å². The van der Waals surface area contributed by atoms with E-state index in [0.717, 1.165) is 6.42 Å². The van der Waals surface area contributed by atoms with Gasteiger partial charge in [0.05, 0.1) is 11.0 Å². The first-order valence-electron chi connectivity index (χ1n) is 7.25. The van der Waals surface area contributed by atoms with Crippen LogP contribution in [0.1, 0.15) is 34.1 Å². The minimum Gasteiger partial charge on any atom is -0.484 e. The first-order valence-corrected chi connectivity index (χ1v) is 7.25. The van der Waals surface area contributed by atoms with Gasteiger partial charge >= 0.3 is 5.69 Å². The van der Waals surface area contributed by atoms with Gasteiger partial charge in [-0.05, 0) is 38.3 Å². The Morgan fingerprint density at radius 3 is 2.48 bits per heavy atom. The summed E-state index contributed by atoms with van der Waals surface area (Å²) in [5, 5.41) is 14.5. The topological polar surface area (TPSA) is 90.4 Å². The fourth-order valence-corrected chi connectivity index (χ4v) is 2.18. The predicted octanol–water partition coefficient (Wildman–Crippen LogP) is 3.17. The molecule has 118 valence electrons. The van der Waals surface area contributed by atoms with Gasteiger partial charge in [0, 0.05) is 12.6 Å². The highest BCUT2D eigenvalue weighted by Gasteiger charge is 2.23. The Balaban J connectivity index is 3.07.